The van der Waals surface area contributed by atoms with Crippen molar-refractivity contribution in [3.8, 4) is 0 Å². The summed E-state index contributed by atoms with van der Waals surface area (Å²) in [7, 11) is -3.77. The minimum atomic E-state index is -3.77. The first-order valence-electron chi connectivity index (χ1n) is 8.96. The number of nitro benzene ring substituents is 1. The van der Waals surface area contributed by atoms with E-state index in [1.165, 1.54) is 25.0 Å². The molecule has 1 fully saturated rings. The molecule has 9 heteroatoms. The van der Waals surface area contributed by atoms with Gasteiger partial charge in [0.1, 0.15) is 5.69 Å². The Labute approximate surface area is 155 Å². The summed E-state index contributed by atoms with van der Waals surface area (Å²) >= 11 is 0. The van der Waals surface area contributed by atoms with Gasteiger partial charge in [0.25, 0.3) is 5.69 Å². The fraction of sp³-hybridized carbons (Fsp3) is 0.647. The number of anilines is 1. The summed E-state index contributed by atoms with van der Waals surface area (Å²) in [5, 5.41) is 14.4. The highest BCUT2D eigenvalue weighted by Gasteiger charge is 2.22. The second-order valence-electron chi connectivity index (χ2n) is 7.19. The fourth-order valence-corrected chi connectivity index (χ4v) is 4.47. The van der Waals surface area contributed by atoms with Gasteiger partial charge in [0.05, 0.1) is 9.82 Å². The first-order valence-corrected chi connectivity index (χ1v) is 10.4. The summed E-state index contributed by atoms with van der Waals surface area (Å²) in [5.74, 6) is 0.677. The standard InChI is InChI=1S/C17H28N4O4S/c1-13(2)19-26(24,25)15-6-7-16(17(11-15)21(22)23)18-8-10-20-9-4-5-14(3)12-20/h6-7,11,13-14,18-19H,4-5,8-10,12H2,1-3H3/t14-/m1/s1. The Morgan fingerprint density at radius 2 is 2.12 bits per heavy atom. The highest BCUT2D eigenvalue weighted by Crippen LogP contribution is 2.27. The topological polar surface area (TPSA) is 105 Å². The van der Waals surface area contributed by atoms with Gasteiger partial charge in [0.15, 0.2) is 0 Å². The number of nitrogens with zero attached hydrogens (tertiary/aromatic N) is 2. The quantitative estimate of drug-likeness (QED) is 0.527. The average molecular weight is 385 g/mol. The number of hydrogen-bond donors (Lipinski definition) is 2. The molecule has 1 aliphatic heterocycles. The van der Waals surface area contributed by atoms with E-state index in [9.17, 15) is 18.5 Å². The van der Waals surface area contributed by atoms with E-state index in [1.54, 1.807) is 13.8 Å². The molecule has 0 radical (unpaired) electrons. The molecule has 1 heterocycles. The molecule has 0 saturated carbocycles. The van der Waals surface area contributed by atoms with Crippen LogP contribution in [-0.4, -0.2) is 50.5 Å². The van der Waals surface area contributed by atoms with Crippen molar-refractivity contribution in [2.24, 2.45) is 5.92 Å². The van der Waals surface area contributed by atoms with Gasteiger partial charge in [-0.2, -0.15) is 0 Å². The Hall–Kier alpha value is -1.71. The maximum absolute atomic E-state index is 12.2. The first-order chi connectivity index (χ1) is 12.2. The molecule has 0 unspecified atom stereocenters. The van der Waals surface area contributed by atoms with Crippen molar-refractivity contribution in [3.05, 3.63) is 28.3 Å². The van der Waals surface area contributed by atoms with Crippen LogP contribution in [0, 0.1) is 16.0 Å². The zero-order valence-electron chi connectivity index (χ0n) is 15.6. The number of rotatable bonds is 8. The van der Waals surface area contributed by atoms with Crippen LogP contribution in [-0.2, 0) is 10.0 Å². The van der Waals surface area contributed by atoms with Gasteiger partial charge in [-0.3, -0.25) is 10.1 Å². The Bertz CT molecular complexity index is 736. The molecule has 8 nitrogen and oxygen atoms in total. The third-order valence-electron chi connectivity index (χ3n) is 4.35. The van der Waals surface area contributed by atoms with Crippen molar-refractivity contribution in [3.63, 3.8) is 0 Å². The van der Waals surface area contributed by atoms with Crippen molar-refractivity contribution < 1.29 is 13.3 Å². The van der Waals surface area contributed by atoms with Crippen LogP contribution in [0.4, 0.5) is 11.4 Å². The Morgan fingerprint density at radius 1 is 1.38 bits per heavy atom. The smallest absolute Gasteiger partial charge is 0.293 e. The lowest BCUT2D eigenvalue weighted by molar-refractivity contribution is -0.384. The molecule has 1 aromatic rings. The normalized spacial score (nSPS) is 18.8. The Balaban J connectivity index is 2.07. The number of benzene rings is 1. The van der Waals surface area contributed by atoms with Crippen molar-refractivity contribution in [2.75, 3.05) is 31.5 Å². The minimum Gasteiger partial charge on any atom is -0.378 e. The molecule has 26 heavy (non-hydrogen) atoms. The predicted molar refractivity (Wildman–Crippen MR) is 102 cm³/mol. The van der Waals surface area contributed by atoms with Crippen LogP contribution < -0.4 is 10.0 Å². The van der Waals surface area contributed by atoms with E-state index < -0.39 is 14.9 Å². The van der Waals surface area contributed by atoms with Crippen LogP contribution in [0.1, 0.15) is 33.6 Å². The van der Waals surface area contributed by atoms with Crippen LogP contribution in [0.15, 0.2) is 23.1 Å². The molecular formula is C17H28N4O4S. The van der Waals surface area contributed by atoms with E-state index in [4.69, 9.17) is 0 Å². The van der Waals surface area contributed by atoms with Gasteiger partial charge >= 0.3 is 0 Å². The van der Waals surface area contributed by atoms with Gasteiger partial charge in [-0.1, -0.05) is 6.92 Å². The van der Waals surface area contributed by atoms with Gasteiger partial charge in [-0.05, 0) is 51.3 Å². The molecule has 1 aliphatic rings. The monoisotopic (exact) mass is 384 g/mol. The van der Waals surface area contributed by atoms with Crippen LogP contribution in [0.25, 0.3) is 0 Å². The maximum atomic E-state index is 12.2. The van der Waals surface area contributed by atoms with Crippen molar-refractivity contribution in [2.45, 2.75) is 44.6 Å². The third kappa shape index (κ3) is 5.65. The minimum absolute atomic E-state index is 0.103. The molecule has 2 N–H and O–H groups in total. The summed E-state index contributed by atoms with van der Waals surface area (Å²) in [5.41, 5.74) is 0.104. The average Bonchev–Trinajstić information content (AvgIpc) is 2.53. The zero-order chi connectivity index (χ0) is 19.3. The molecule has 0 bridgehead atoms. The van der Waals surface area contributed by atoms with Gasteiger partial charge in [0.2, 0.25) is 10.0 Å². The van der Waals surface area contributed by atoms with E-state index in [0.29, 0.717) is 18.2 Å². The number of nitro groups is 1. The van der Waals surface area contributed by atoms with E-state index in [1.807, 2.05) is 0 Å². The summed E-state index contributed by atoms with van der Waals surface area (Å²) in [6.07, 6.45) is 2.42. The van der Waals surface area contributed by atoms with Gasteiger partial charge in [0, 0.05) is 31.7 Å². The summed E-state index contributed by atoms with van der Waals surface area (Å²) in [6.45, 7) is 9.09. The van der Waals surface area contributed by atoms with Crippen LogP contribution in [0.2, 0.25) is 0 Å². The molecule has 146 valence electrons. The second-order valence-corrected chi connectivity index (χ2v) is 8.90. The number of nitrogens with one attached hydrogen (secondary N) is 2. The lowest BCUT2D eigenvalue weighted by Gasteiger charge is -2.30. The van der Waals surface area contributed by atoms with Gasteiger partial charge < -0.3 is 10.2 Å². The third-order valence-corrected chi connectivity index (χ3v) is 6.01. The molecular weight excluding hydrogens is 356 g/mol. The van der Waals surface area contributed by atoms with Crippen LogP contribution >= 0.6 is 0 Å². The molecule has 0 amide bonds. The largest absolute Gasteiger partial charge is 0.378 e. The molecule has 2 rings (SSSR count). The van der Waals surface area contributed by atoms with Crippen LogP contribution in [0.5, 0.6) is 0 Å². The molecule has 1 aromatic carbocycles. The summed E-state index contributed by atoms with van der Waals surface area (Å²) < 4.78 is 26.9. The second kappa shape index (κ2) is 8.79. The van der Waals surface area contributed by atoms with Crippen molar-refractivity contribution in [1.82, 2.24) is 9.62 Å². The number of sulfonamides is 1. The molecule has 0 aromatic heterocycles. The first kappa shape index (κ1) is 20.6. The van der Waals surface area contributed by atoms with Crippen molar-refractivity contribution >= 4 is 21.4 Å². The lowest BCUT2D eigenvalue weighted by Crippen LogP contribution is -2.37. The molecule has 0 spiro atoms. The predicted octanol–water partition coefficient (Wildman–Crippen LogP) is 2.43. The van der Waals surface area contributed by atoms with Gasteiger partial charge in [-0.25, -0.2) is 13.1 Å². The number of hydrogen-bond acceptors (Lipinski definition) is 6. The highest BCUT2D eigenvalue weighted by molar-refractivity contribution is 7.89. The van der Waals surface area contributed by atoms with E-state index in [0.717, 1.165) is 25.7 Å². The molecule has 0 aliphatic carbocycles. The maximum Gasteiger partial charge on any atom is 0.293 e. The van der Waals surface area contributed by atoms with Crippen molar-refractivity contribution in [1.29, 1.82) is 0 Å². The zero-order valence-corrected chi connectivity index (χ0v) is 16.4. The Kier molecular flexibility index (Phi) is 6.96. The van der Waals surface area contributed by atoms with Crippen LogP contribution in [0.3, 0.4) is 0 Å². The lowest BCUT2D eigenvalue weighted by atomic mass is 10.0. The SMILES string of the molecule is CC(C)NS(=O)(=O)c1ccc(NCCN2CCC[C@@H](C)C2)c([N+](=O)[O-])c1. The summed E-state index contributed by atoms with van der Waals surface area (Å²) in [4.78, 5) is 13.1. The summed E-state index contributed by atoms with van der Waals surface area (Å²) in [6, 6.07) is 3.68. The fourth-order valence-electron chi connectivity index (χ4n) is 3.20. The number of likely N-dealkylation sites (tertiary alicyclic amines) is 1. The van der Waals surface area contributed by atoms with Gasteiger partial charge in [-0.15, -0.1) is 0 Å². The molecule has 1 atom stereocenters. The van der Waals surface area contributed by atoms with E-state index in [-0.39, 0.29) is 16.6 Å². The van der Waals surface area contributed by atoms with E-state index >= 15 is 0 Å². The molecule has 1 saturated heterocycles. The Morgan fingerprint density at radius 3 is 2.73 bits per heavy atom. The number of piperidine rings is 1. The van der Waals surface area contributed by atoms with E-state index in [2.05, 4.69) is 21.9 Å². The highest BCUT2D eigenvalue weighted by atomic mass is 32.2.